The molecule has 0 aliphatic heterocycles. The monoisotopic (exact) mass is 300 g/mol. The van der Waals surface area contributed by atoms with Crippen LogP contribution >= 0.6 is 23.2 Å². The Morgan fingerprint density at radius 2 is 2.11 bits per heavy atom. The van der Waals surface area contributed by atoms with Crippen LogP contribution in [0.4, 0.5) is 0 Å². The van der Waals surface area contributed by atoms with E-state index in [0.717, 1.165) is 23.8 Å². The number of nitrogens with two attached hydrogens (primary N) is 1. The molecule has 0 fully saturated rings. The van der Waals surface area contributed by atoms with Crippen molar-refractivity contribution in [2.24, 2.45) is 5.73 Å². The second kappa shape index (κ2) is 5.82. The van der Waals surface area contributed by atoms with Crippen molar-refractivity contribution in [3.8, 4) is 0 Å². The van der Waals surface area contributed by atoms with Gasteiger partial charge in [0.25, 0.3) is 0 Å². The Morgan fingerprint density at radius 1 is 1.37 bits per heavy atom. The van der Waals surface area contributed by atoms with Crippen LogP contribution in [-0.2, 0) is 17.8 Å². The van der Waals surface area contributed by atoms with Gasteiger partial charge < -0.3 is 15.4 Å². The maximum Gasteiger partial charge on any atom is 0.323 e. The van der Waals surface area contributed by atoms with Gasteiger partial charge in [-0.05, 0) is 31.0 Å². The lowest BCUT2D eigenvalue weighted by Crippen LogP contribution is -2.07. The molecule has 0 bridgehead atoms. The minimum Gasteiger partial charge on any atom is -0.480 e. The molecular formula is C13H14Cl2N2O2. The van der Waals surface area contributed by atoms with Crippen LogP contribution in [0.3, 0.4) is 0 Å². The number of aryl methyl sites for hydroxylation is 1. The number of fused-ring (bicyclic) bond motifs is 1. The van der Waals surface area contributed by atoms with Gasteiger partial charge in [-0.1, -0.05) is 29.3 Å². The molecule has 2 aromatic rings. The Morgan fingerprint density at radius 3 is 2.74 bits per heavy atom. The number of carboxylic acids is 1. The van der Waals surface area contributed by atoms with Crippen LogP contribution in [0.15, 0.2) is 18.3 Å². The number of carbonyl (C=O) groups is 1. The second-order valence-electron chi connectivity index (χ2n) is 4.33. The van der Waals surface area contributed by atoms with Crippen LogP contribution in [0, 0.1) is 0 Å². The van der Waals surface area contributed by atoms with Gasteiger partial charge in [0, 0.05) is 11.6 Å². The fraction of sp³-hybridized carbons (Fsp3) is 0.308. The SMILES string of the molecule is NCCCc1cn(CC(=O)O)c2c(Cl)c(Cl)ccc12. The molecule has 4 nitrogen and oxygen atoms in total. The minimum atomic E-state index is -0.918. The summed E-state index contributed by atoms with van der Waals surface area (Å²) in [5.41, 5.74) is 7.23. The van der Waals surface area contributed by atoms with Crippen molar-refractivity contribution in [1.29, 1.82) is 0 Å². The number of hydrogen-bond donors (Lipinski definition) is 2. The van der Waals surface area contributed by atoms with Crippen molar-refractivity contribution in [1.82, 2.24) is 4.57 Å². The number of carboxylic acid groups (broad SMARTS) is 1. The van der Waals surface area contributed by atoms with Crippen molar-refractivity contribution in [2.45, 2.75) is 19.4 Å². The van der Waals surface area contributed by atoms with Crippen LogP contribution in [0.2, 0.25) is 10.0 Å². The molecular weight excluding hydrogens is 287 g/mol. The first-order valence-corrected chi connectivity index (χ1v) is 6.67. The summed E-state index contributed by atoms with van der Waals surface area (Å²) in [4.78, 5) is 10.9. The van der Waals surface area contributed by atoms with Crippen molar-refractivity contribution in [2.75, 3.05) is 6.54 Å². The fourth-order valence-electron chi connectivity index (χ4n) is 2.16. The van der Waals surface area contributed by atoms with Crippen molar-refractivity contribution >= 4 is 40.1 Å². The van der Waals surface area contributed by atoms with Crippen LogP contribution < -0.4 is 5.73 Å². The number of hydrogen-bond acceptors (Lipinski definition) is 2. The Balaban J connectivity index is 2.59. The van der Waals surface area contributed by atoms with Gasteiger partial charge in [0.2, 0.25) is 0 Å². The predicted molar refractivity (Wildman–Crippen MR) is 77.0 cm³/mol. The van der Waals surface area contributed by atoms with Gasteiger partial charge in [0.05, 0.1) is 15.6 Å². The van der Waals surface area contributed by atoms with E-state index in [1.165, 1.54) is 0 Å². The predicted octanol–water partition coefficient (Wildman–Crippen LogP) is 2.92. The zero-order valence-corrected chi connectivity index (χ0v) is 11.7. The van der Waals surface area contributed by atoms with Crippen molar-refractivity contribution in [3.63, 3.8) is 0 Å². The van der Waals surface area contributed by atoms with Gasteiger partial charge in [-0.3, -0.25) is 4.79 Å². The van der Waals surface area contributed by atoms with E-state index in [9.17, 15) is 4.79 Å². The van der Waals surface area contributed by atoms with E-state index in [1.54, 1.807) is 10.6 Å². The zero-order valence-electron chi connectivity index (χ0n) is 10.2. The average molecular weight is 301 g/mol. The first kappa shape index (κ1) is 14.2. The highest BCUT2D eigenvalue weighted by Gasteiger charge is 2.15. The lowest BCUT2D eigenvalue weighted by molar-refractivity contribution is -0.137. The second-order valence-corrected chi connectivity index (χ2v) is 5.11. The molecule has 0 spiro atoms. The van der Waals surface area contributed by atoms with Gasteiger partial charge in [-0.2, -0.15) is 0 Å². The Hall–Kier alpha value is -1.23. The Labute approximate surface area is 120 Å². The highest BCUT2D eigenvalue weighted by atomic mass is 35.5. The molecule has 1 aromatic heterocycles. The topological polar surface area (TPSA) is 68.2 Å². The third kappa shape index (κ3) is 2.86. The summed E-state index contributed by atoms with van der Waals surface area (Å²) in [5, 5.41) is 10.7. The van der Waals surface area contributed by atoms with Gasteiger partial charge >= 0.3 is 5.97 Å². The van der Waals surface area contributed by atoms with Gasteiger partial charge in [0.15, 0.2) is 0 Å². The number of rotatable bonds is 5. The van der Waals surface area contributed by atoms with Crippen LogP contribution in [-0.4, -0.2) is 22.2 Å². The van der Waals surface area contributed by atoms with Crippen molar-refractivity contribution in [3.05, 3.63) is 33.9 Å². The fourth-order valence-corrected chi connectivity index (χ4v) is 2.59. The van der Waals surface area contributed by atoms with Gasteiger partial charge in [0.1, 0.15) is 6.54 Å². The maximum absolute atomic E-state index is 10.9. The molecule has 102 valence electrons. The van der Waals surface area contributed by atoms with E-state index >= 15 is 0 Å². The molecule has 0 saturated heterocycles. The zero-order chi connectivity index (χ0) is 14.0. The quantitative estimate of drug-likeness (QED) is 0.892. The van der Waals surface area contributed by atoms with Crippen LogP contribution in [0.1, 0.15) is 12.0 Å². The standard InChI is InChI=1S/C13H14Cl2N2O2/c14-10-4-3-9-8(2-1-5-16)6-17(7-11(18)19)13(9)12(10)15/h3-4,6H,1-2,5,7,16H2,(H,18,19). The molecule has 0 radical (unpaired) electrons. The minimum absolute atomic E-state index is 0.140. The maximum atomic E-state index is 10.9. The molecule has 1 heterocycles. The summed E-state index contributed by atoms with van der Waals surface area (Å²) in [5.74, 6) is -0.918. The number of benzene rings is 1. The van der Waals surface area contributed by atoms with E-state index in [1.807, 2.05) is 12.3 Å². The van der Waals surface area contributed by atoms with E-state index in [0.29, 0.717) is 22.1 Å². The highest BCUT2D eigenvalue weighted by Crippen LogP contribution is 2.34. The van der Waals surface area contributed by atoms with E-state index < -0.39 is 5.97 Å². The normalized spacial score (nSPS) is 11.1. The van der Waals surface area contributed by atoms with Gasteiger partial charge in [-0.15, -0.1) is 0 Å². The molecule has 2 rings (SSSR count). The largest absolute Gasteiger partial charge is 0.480 e. The third-order valence-electron chi connectivity index (χ3n) is 2.97. The molecule has 19 heavy (non-hydrogen) atoms. The number of aromatic nitrogens is 1. The molecule has 0 unspecified atom stereocenters. The molecule has 0 aliphatic rings. The first-order valence-electron chi connectivity index (χ1n) is 5.92. The summed E-state index contributed by atoms with van der Waals surface area (Å²) in [6.45, 7) is 0.451. The molecule has 0 atom stereocenters. The summed E-state index contributed by atoms with van der Waals surface area (Å²) >= 11 is 12.2. The van der Waals surface area contributed by atoms with E-state index in [4.69, 9.17) is 34.0 Å². The van der Waals surface area contributed by atoms with Crippen molar-refractivity contribution < 1.29 is 9.90 Å². The molecule has 1 aromatic carbocycles. The smallest absolute Gasteiger partial charge is 0.323 e. The summed E-state index contributed by atoms with van der Waals surface area (Å²) in [6.07, 6.45) is 3.45. The lowest BCUT2D eigenvalue weighted by Gasteiger charge is -2.04. The summed E-state index contributed by atoms with van der Waals surface area (Å²) < 4.78 is 1.62. The first-order chi connectivity index (χ1) is 9.04. The van der Waals surface area contributed by atoms with Gasteiger partial charge in [-0.25, -0.2) is 0 Å². The summed E-state index contributed by atoms with van der Waals surface area (Å²) in [6, 6.07) is 3.59. The number of aliphatic carboxylic acids is 1. The average Bonchev–Trinajstić information content (AvgIpc) is 2.69. The van der Waals surface area contributed by atoms with Crippen LogP contribution in [0.25, 0.3) is 10.9 Å². The van der Waals surface area contributed by atoms with E-state index in [2.05, 4.69) is 0 Å². The van der Waals surface area contributed by atoms with E-state index in [-0.39, 0.29) is 6.54 Å². The molecule has 0 aliphatic carbocycles. The lowest BCUT2D eigenvalue weighted by atomic mass is 10.1. The molecule has 0 amide bonds. The van der Waals surface area contributed by atoms with Crippen LogP contribution in [0.5, 0.6) is 0 Å². The highest BCUT2D eigenvalue weighted by molar-refractivity contribution is 6.45. The number of halogens is 2. The molecule has 6 heteroatoms. The Kier molecular flexibility index (Phi) is 4.34. The number of nitrogens with zero attached hydrogens (tertiary/aromatic N) is 1. The Bertz CT molecular complexity index is 623. The third-order valence-corrected chi connectivity index (χ3v) is 3.76. The summed E-state index contributed by atoms with van der Waals surface area (Å²) in [7, 11) is 0. The molecule has 3 N–H and O–H groups in total. The molecule has 0 saturated carbocycles.